The number of carbonyl (C=O) groups excluding carboxylic acids is 4. The van der Waals surface area contributed by atoms with E-state index in [0.29, 0.717) is 84.6 Å². The fourth-order valence-corrected chi connectivity index (χ4v) is 13.7. The maximum absolute atomic E-state index is 17.1. The summed E-state index contributed by atoms with van der Waals surface area (Å²) in [7, 11) is 2.58. The highest BCUT2D eigenvalue weighted by Crippen LogP contribution is 2.50. The van der Waals surface area contributed by atoms with E-state index in [1.165, 1.54) is 38.0 Å². The van der Waals surface area contributed by atoms with Crippen LogP contribution in [0.25, 0.3) is 44.7 Å². The van der Waals surface area contributed by atoms with Crippen LogP contribution in [0, 0.1) is 17.7 Å². The number of alkyl carbamates (subject to hydrolysis) is 2. The van der Waals surface area contributed by atoms with Gasteiger partial charge in [0, 0.05) is 34.5 Å². The van der Waals surface area contributed by atoms with E-state index in [0.717, 1.165) is 52.7 Å². The Morgan fingerprint density at radius 1 is 0.760 bits per heavy atom. The summed E-state index contributed by atoms with van der Waals surface area (Å²) in [6.07, 6.45) is 10.5. The molecule has 4 aliphatic heterocycles. The number of aromatic nitrogens is 5. The van der Waals surface area contributed by atoms with E-state index < -0.39 is 36.3 Å². The molecule has 7 unspecified atom stereocenters. The number of methoxy groups -OCH3 is 2. The van der Waals surface area contributed by atoms with Gasteiger partial charge in [-0.3, -0.25) is 14.2 Å². The molecule has 19 heteroatoms. The minimum atomic E-state index is -0.772. The standard InChI is InChI=1S/C56H66FN9O8S/c1-29(2)48(62-55(69)71-5)52(67)64-19-9-13-41(64)51-59-28-39(61-51)34-24-37(57)47-43-25-35-23-33(15-16-40(35)66(43)54(74-44(47)26-34)46-18-17-45(75-46)32-11-7-8-12-32)38-27-58-50(60-38)42-14-10-20-65(42)53(68)49(63-56(70)72-6)36-21-30(3)73-31(4)22-36/h15-18,23-32,36,41-42,48-49,54H,7-14,19-22H2,1-6H3,(H,58,60)(H,59,61)(H,62,69)(H,63,70). The number of ether oxygens (including phenoxy) is 4. The number of nitrogens with one attached hydrogen (secondary N) is 4. The first-order valence-electron chi connectivity index (χ1n) is 26.6. The summed E-state index contributed by atoms with van der Waals surface area (Å²) < 4.78 is 42.0. The van der Waals surface area contributed by atoms with Crippen molar-refractivity contribution in [3.8, 4) is 39.5 Å². The lowest BCUT2D eigenvalue weighted by molar-refractivity contribution is -0.138. The first-order chi connectivity index (χ1) is 36.3. The van der Waals surface area contributed by atoms with E-state index in [9.17, 15) is 19.2 Å². The average molecular weight is 1040 g/mol. The fourth-order valence-electron chi connectivity index (χ4n) is 12.5. The Balaban J connectivity index is 0.902. The number of nitrogens with zero attached hydrogens (tertiary/aromatic N) is 5. The van der Waals surface area contributed by atoms with Crippen LogP contribution in [0.1, 0.15) is 138 Å². The van der Waals surface area contributed by atoms with Crippen LogP contribution in [-0.2, 0) is 23.8 Å². The summed E-state index contributed by atoms with van der Waals surface area (Å²) in [5.41, 5.74) is 4.71. The van der Waals surface area contributed by atoms with Gasteiger partial charge in [-0.1, -0.05) is 32.8 Å². The largest absolute Gasteiger partial charge is 0.464 e. The number of amides is 4. The lowest BCUT2D eigenvalue weighted by Gasteiger charge is -2.38. The van der Waals surface area contributed by atoms with Gasteiger partial charge >= 0.3 is 12.2 Å². The number of aromatic amines is 2. The number of H-pyrrole nitrogens is 2. The lowest BCUT2D eigenvalue weighted by Crippen LogP contribution is -2.54. The molecular weight excluding hydrogens is 978 g/mol. The molecule has 396 valence electrons. The van der Waals surface area contributed by atoms with Crippen LogP contribution >= 0.6 is 11.3 Å². The number of rotatable bonds is 12. The highest BCUT2D eigenvalue weighted by atomic mass is 32.1. The normalized spacial score (nSPS) is 23.5. The second kappa shape index (κ2) is 20.8. The van der Waals surface area contributed by atoms with Crippen LogP contribution in [0.3, 0.4) is 0 Å². The van der Waals surface area contributed by atoms with Crippen LogP contribution in [0.15, 0.2) is 60.9 Å². The Kier molecular flexibility index (Phi) is 14.0. The van der Waals surface area contributed by atoms with Crippen molar-refractivity contribution in [1.82, 2.24) is 44.9 Å². The number of hydrogen-bond acceptors (Lipinski definition) is 11. The van der Waals surface area contributed by atoms with Crippen LogP contribution in [0.4, 0.5) is 14.0 Å². The van der Waals surface area contributed by atoms with Crippen molar-refractivity contribution in [2.75, 3.05) is 27.3 Å². The van der Waals surface area contributed by atoms with Crippen molar-refractivity contribution in [2.24, 2.45) is 11.8 Å². The molecule has 8 heterocycles. The number of likely N-dealkylation sites (tertiary alicyclic amines) is 2. The first-order valence-corrected chi connectivity index (χ1v) is 27.4. The van der Waals surface area contributed by atoms with Gasteiger partial charge in [-0.25, -0.2) is 23.9 Å². The molecule has 3 saturated heterocycles. The van der Waals surface area contributed by atoms with E-state index in [1.54, 1.807) is 28.6 Å². The summed E-state index contributed by atoms with van der Waals surface area (Å²) in [5.74, 6) is 1.05. The number of fused-ring (bicyclic) bond motifs is 5. The number of halogens is 1. The molecule has 1 aliphatic carbocycles. The molecule has 17 nitrogen and oxygen atoms in total. The number of carbonyl (C=O) groups is 4. The molecule has 2 aromatic carbocycles. The van der Waals surface area contributed by atoms with E-state index >= 15 is 4.39 Å². The predicted molar refractivity (Wildman–Crippen MR) is 280 cm³/mol. The molecule has 4 N–H and O–H groups in total. The molecular formula is C56H66FN9O8S. The molecule has 4 aromatic heterocycles. The minimum absolute atomic E-state index is 0.0500. The third kappa shape index (κ3) is 9.66. The van der Waals surface area contributed by atoms with Gasteiger partial charge < -0.3 is 49.3 Å². The zero-order chi connectivity index (χ0) is 52.2. The number of thiophene rings is 1. The molecule has 0 bridgehead atoms. The smallest absolute Gasteiger partial charge is 0.407 e. The van der Waals surface area contributed by atoms with Gasteiger partial charge in [0.25, 0.3) is 0 Å². The summed E-state index contributed by atoms with van der Waals surface area (Å²) in [6, 6.07) is 13.7. The average Bonchev–Trinajstić information content (AvgIpc) is 4.27. The Morgan fingerprint density at radius 3 is 2.04 bits per heavy atom. The molecule has 0 spiro atoms. The topological polar surface area (TPSA) is 198 Å². The van der Waals surface area contributed by atoms with Crippen molar-refractivity contribution < 1.29 is 42.5 Å². The Bertz CT molecular complexity index is 3110. The second-order valence-corrected chi connectivity index (χ2v) is 22.5. The lowest BCUT2D eigenvalue weighted by atomic mass is 9.85. The van der Waals surface area contributed by atoms with Crippen molar-refractivity contribution in [3.63, 3.8) is 0 Å². The third-order valence-electron chi connectivity index (χ3n) is 16.1. The second-order valence-electron chi connectivity index (χ2n) is 21.4. The molecule has 11 rings (SSSR count). The van der Waals surface area contributed by atoms with Gasteiger partial charge in [0.05, 0.1) is 83.9 Å². The van der Waals surface area contributed by atoms with Crippen LogP contribution in [0.2, 0.25) is 0 Å². The van der Waals surface area contributed by atoms with Crippen LogP contribution in [-0.4, -0.2) is 110 Å². The Hall–Kier alpha value is -6.73. The fraction of sp³-hybridized carbons (Fsp3) is 0.500. The summed E-state index contributed by atoms with van der Waals surface area (Å²) >= 11 is 1.76. The molecule has 4 amide bonds. The Morgan fingerprint density at radius 2 is 1.39 bits per heavy atom. The molecule has 75 heavy (non-hydrogen) atoms. The van der Waals surface area contributed by atoms with Crippen molar-refractivity contribution >= 4 is 46.2 Å². The van der Waals surface area contributed by atoms with Crippen molar-refractivity contribution in [2.45, 2.75) is 140 Å². The number of imidazole rings is 2. The van der Waals surface area contributed by atoms with Gasteiger partial charge in [0.2, 0.25) is 18.0 Å². The van der Waals surface area contributed by atoms with Gasteiger partial charge in [0.15, 0.2) is 0 Å². The molecule has 1 saturated carbocycles. The summed E-state index contributed by atoms with van der Waals surface area (Å²) in [6.45, 7) is 8.79. The molecule has 6 aromatic rings. The van der Waals surface area contributed by atoms with E-state index in [1.807, 2.05) is 50.8 Å². The quantitative estimate of drug-likeness (QED) is 0.0915. The number of hydrogen-bond donors (Lipinski definition) is 4. The zero-order valence-electron chi connectivity index (χ0n) is 43.3. The minimum Gasteiger partial charge on any atom is -0.464 e. The van der Waals surface area contributed by atoms with Gasteiger partial charge in [-0.2, -0.15) is 0 Å². The van der Waals surface area contributed by atoms with E-state index in [4.69, 9.17) is 28.9 Å². The Labute approximate surface area is 439 Å². The van der Waals surface area contributed by atoms with E-state index in [-0.39, 0.29) is 47.9 Å². The first kappa shape index (κ1) is 50.4. The van der Waals surface area contributed by atoms with Crippen LogP contribution < -0.4 is 15.4 Å². The maximum atomic E-state index is 17.1. The highest BCUT2D eigenvalue weighted by molar-refractivity contribution is 7.12. The van der Waals surface area contributed by atoms with Gasteiger partial charge in [-0.05, 0) is 125 Å². The number of benzene rings is 2. The van der Waals surface area contributed by atoms with Crippen molar-refractivity contribution in [1.29, 1.82) is 0 Å². The third-order valence-corrected chi connectivity index (χ3v) is 17.4. The highest BCUT2D eigenvalue weighted by Gasteiger charge is 2.43. The molecule has 5 aliphatic rings. The molecule has 4 fully saturated rings. The maximum Gasteiger partial charge on any atom is 0.407 e. The summed E-state index contributed by atoms with van der Waals surface area (Å²) in [4.78, 5) is 75.7. The predicted octanol–water partition coefficient (Wildman–Crippen LogP) is 10.5. The van der Waals surface area contributed by atoms with Crippen LogP contribution in [0.5, 0.6) is 5.75 Å². The SMILES string of the molecule is COC(=O)NC(C(=O)N1CCCC1c1ncc(-c2cc(F)c3c(c2)OC(c2ccc(C4CCCC4)s2)n2c-3cc3cc(-c4cnc(C5CCCN5C(=O)C(NC(=O)OC)C5CC(C)OC(C)C5)[nH]4)ccc32)[nH]1)C(C)C. The van der Waals surface area contributed by atoms with Gasteiger partial charge in [-0.15, -0.1) is 11.3 Å². The zero-order valence-corrected chi connectivity index (χ0v) is 44.1. The van der Waals surface area contributed by atoms with Gasteiger partial charge in [0.1, 0.15) is 35.3 Å². The van der Waals surface area contributed by atoms with Crippen molar-refractivity contribution in [3.05, 3.63) is 88.1 Å². The van der Waals surface area contributed by atoms with E-state index in [2.05, 4.69) is 49.4 Å². The molecule has 0 radical (unpaired) electrons. The summed E-state index contributed by atoms with van der Waals surface area (Å²) in [5, 5.41) is 6.46. The monoisotopic (exact) mass is 1040 g/mol. The molecule has 7 atom stereocenters.